The van der Waals surface area contributed by atoms with Crippen LogP contribution in [0.4, 0.5) is 0 Å². The van der Waals surface area contributed by atoms with E-state index in [0.717, 1.165) is 42.3 Å². The van der Waals surface area contributed by atoms with Crippen molar-refractivity contribution in [3.63, 3.8) is 0 Å². The van der Waals surface area contributed by atoms with Crippen molar-refractivity contribution in [1.82, 2.24) is 19.9 Å². The molecule has 3 heterocycles. The van der Waals surface area contributed by atoms with Crippen molar-refractivity contribution in [1.29, 1.82) is 0 Å². The Morgan fingerprint density at radius 2 is 2.11 bits per heavy atom. The average molecular weight is 385 g/mol. The van der Waals surface area contributed by atoms with Gasteiger partial charge in [0, 0.05) is 12.4 Å². The van der Waals surface area contributed by atoms with Crippen LogP contribution in [-0.2, 0) is 6.42 Å². The first kappa shape index (κ1) is 17.9. The molecular formula is C20H21ClN4O2. The topological polar surface area (TPSA) is 79.5 Å². The lowest BCUT2D eigenvalue weighted by molar-refractivity contribution is 0.0712. The summed E-state index contributed by atoms with van der Waals surface area (Å²) in [6.07, 6.45) is 7.01. The molecule has 1 amide bonds. The number of carbonyl (C=O) groups excluding carboxylic acids is 1. The summed E-state index contributed by atoms with van der Waals surface area (Å²) in [5, 5.41) is 17.9. The second-order valence-electron chi connectivity index (χ2n) is 6.97. The zero-order valence-corrected chi connectivity index (χ0v) is 15.6. The molecule has 1 saturated carbocycles. The van der Waals surface area contributed by atoms with Crippen molar-refractivity contribution >= 4 is 23.0 Å². The van der Waals surface area contributed by atoms with Gasteiger partial charge in [-0.3, -0.25) is 4.79 Å². The number of nitrogens with one attached hydrogen (secondary N) is 1. The van der Waals surface area contributed by atoms with E-state index in [-0.39, 0.29) is 11.9 Å². The number of aromatic nitrogens is 3. The van der Waals surface area contributed by atoms with Gasteiger partial charge >= 0.3 is 0 Å². The molecule has 6 nitrogen and oxygen atoms in total. The fraction of sp³-hybridized carbons (Fsp3) is 0.350. The second-order valence-corrected chi connectivity index (χ2v) is 7.36. The van der Waals surface area contributed by atoms with E-state index >= 15 is 0 Å². The van der Waals surface area contributed by atoms with Gasteiger partial charge in [0.25, 0.3) is 5.91 Å². The molecule has 1 fully saturated rings. The molecule has 1 aliphatic rings. The van der Waals surface area contributed by atoms with Crippen molar-refractivity contribution in [2.24, 2.45) is 0 Å². The highest BCUT2D eigenvalue weighted by Crippen LogP contribution is 2.22. The zero-order valence-electron chi connectivity index (χ0n) is 14.8. The summed E-state index contributed by atoms with van der Waals surface area (Å²) < 4.78 is 1.66. The van der Waals surface area contributed by atoms with Crippen LogP contribution < -0.4 is 5.32 Å². The molecule has 0 bridgehead atoms. The summed E-state index contributed by atoms with van der Waals surface area (Å²) in [7, 11) is 0. The first-order valence-corrected chi connectivity index (χ1v) is 9.54. The Morgan fingerprint density at radius 3 is 2.93 bits per heavy atom. The molecule has 0 aliphatic heterocycles. The fourth-order valence-corrected chi connectivity index (χ4v) is 3.90. The van der Waals surface area contributed by atoms with Crippen molar-refractivity contribution in [3.05, 3.63) is 64.7 Å². The van der Waals surface area contributed by atoms with E-state index in [2.05, 4.69) is 15.4 Å². The molecule has 3 aromatic heterocycles. The van der Waals surface area contributed by atoms with Crippen LogP contribution in [0.1, 0.15) is 47.3 Å². The van der Waals surface area contributed by atoms with Gasteiger partial charge in [0.1, 0.15) is 10.8 Å². The maximum atomic E-state index is 12.9. The number of nitrogens with zero attached hydrogens (tertiary/aromatic N) is 3. The van der Waals surface area contributed by atoms with Crippen LogP contribution in [0.2, 0.25) is 5.15 Å². The SMILES string of the molecule is O=C(N[C@H]1CCCC[C@@H]1O)c1cc(Cc2ccnc(Cl)c2)c2cccnn12. The maximum absolute atomic E-state index is 12.9. The van der Waals surface area contributed by atoms with Crippen LogP contribution >= 0.6 is 11.6 Å². The summed E-state index contributed by atoms with van der Waals surface area (Å²) >= 11 is 5.99. The maximum Gasteiger partial charge on any atom is 0.270 e. The van der Waals surface area contributed by atoms with Gasteiger partial charge in [-0.2, -0.15) is 5.10 Å². The van der Waals surface area contributed by atoms with Gasteiger partial charge in [0.05, 0.1) is 17.7 Å². The van der Waals surface area contributed by atoms with Crippen LogP contribution in [0, 0.1) is 0 Å². The number of aliphatic hydroxyl groups is 1. The quantitative estimate of drug-likeness (QED) is 0.678. The number of hydrogen-bond acceptors (Lipinski definition) is 4. The normalized spacial score (nSPS) is 19.9. The molecule has 2 N–H and O–H groups in total. The molecular weight excluding hydrogens is 364 g/mol. The van der Waals surface area contributed by atoms with E-state index in [0.29, 0.717) is 17.3 Å². The first-order valence-electron chi connectivity index (χ1n) is 9.17. The van der Waals surface area contributed by atoms with Crippen LogP contribution in [0.5, 0.6) is 0 Å². The number of aliphatic hydroxyl groups excluding tert-OH is 1. The van der Waals surface area contributed by atoms with E-state index < -0.39 is 6.10 Å². The molecule has 0 saturated heterocycles. The third kappa shape index (κ3) is 3.82. The molecule has 0 radical (unpaired) electrons. The highest BCUT2D eigenvalue weighted by molar-refractivity contribution is 6.29. The molecule has 0 spiro atoms. The number of pyridine rings is 1. The lowest BCUT2D eigenvalue weighted by Gasteiger charge is -2.28. The number of amides is 1. The van der Waals surface area contributed by atoms with Crippen molar-refractivity contribution in [2.75, 3.05) is 0 Å². The predicted molar refractivity (Wildman–Crippen MR) is 103 cm³/mol. The minimum Gasteiger partial charge on any atom is -0.391 e. The van der Waals surface area contributed by atoms with Crippen LogP contribution in [0.25, 0.3) is 5.52 Å². The smallest absolute Gasteiger partial charge is 0.270 e. The monoisotopic (exact) mass is 384 g/mol. The molecule has 0 aromatic carbocycles. The van der Waals surface area contributed by atoms with Gasteiger partial charge in [-0.05, 0) is 60.7 Å². The number of fused-ring (bicyclic) bond motifs is 1. The van der Waals surface area contributed by atoms with Crippen molar-refractivity contribution in [3.8, 4) is 0 Å². The van der Waals surface area contributed by atoms with E-state index in [9.17, 15) is 9.90 Å². The summed E-state index contributed by atoms with van der Waals surface area (Å²) in [4.78, 5) is 16.9. The number of hydrogen-bond donors (Lipinski definition) is 2. The Labute approximate surface area is 162 Å². The summed E-state index contributed by atoms with van der Waals surface area (Å²) in [5.74, 6) is -0.214. The van der Waals surface area contributed by atoms with E-state index in [1.807, 2.05) is 30.3 Å². The molecule has 1 aliphatic carbocycles. The van der Waals surface area contributed by atoms with E-state index in [4.69, 9.17) is 11.6 Å². The van der Waals surface area contributed by atoms with Crippen molar-refractivity contribution in [2.45, 2.75) is 44.2 Å². The van der Waals surface area contributed by atoms with Crippen LogP contribution in [-0.4, -0.2) is 37.8 Å². The standard InChI is InChI=1S/C20H21ClN4O2/c21-19-11-13(7-9-22-19)10-14-12-17(25-16(14)5-3-8-23-25)20(27)24-15-4-1-2-6-18(15)26/h3,5,7-9,11-12,15,18,26H,1-2,4,6,10H2,(H,24,27)/t15-,18-/m0/s1. The number of carbonyl (C=O) groups is 1. The summed E-state index contributed by atoms with van der Waals surface area (Å²) in [5.41, 5.74) is 3.35. The Hall–Kier alpha value is -2.44. The minimum atomic E-state index is -0.486. The van der Waals surface area contributed by atoms with Gasteiger partial charge in [0.15, 0.2) is 0 Å². The molecule has 2 atom stereocenters. The minimum absolute atomic E-state index is 0.206. The lowest BCUT2D eigenvalue weighted by atomic mass is 9.92. The van der Waals surface area contributed by atoms with Crippen LogP contribution in [0.15, 0.2) is 42.7 Å². The van der Waals surface area contributed by atoms with Gasteiger partial charge in [0.2, 0.25) is 0 Å². The van der Waals surface area contributed by atoms with E-state index in [1.165, 1.54) is 0 Å². The number of rotatable bonds is 4. The van der Waals surface area contributed by atoms with Gasteiger partial charge < -0.3 is 10.4 Å². The van der Waals surface area contributed by atoms with Gasteiger partial charge in [-0.15, -0.1) is 0 Å². The summed E-state index contributed by atoms with van der Waals surface area (Å²) in [6.45, 7) is 0. The molecule has 3 aromatic rings. The van der Waals surface area contributed by atoms with E-state index in [1.54, 1.807) is 16.9 Å². The third-order valence-electron chi connectivity index (χ3n) is 5.08. The summed E-state index contributed by atoms with van der Waals surface area (Å²) in [6, 6.07) is 9.18. The third-order valence-corrected chi connectivity index (χ3v) is 5.29. The molecule has 140 valence electrons. The highest BCUT2D eigenvalue weighted by atomic mass is 35.5. The largest absolute Gasteiger partial charge is 0.391 e. The highest BCUT2D eigenvalue weighted by Gasteiger charge is 2.26. The van der Waals surface area contributed by atoms with Crippen LogP contribution in [0.3, 0.4) is 0 Å². The molecule has 7 heteroatoms. The Kier molecular flexibility index (Phi) is 5.09. The van der Waals surface area contributed by atoms with Gasteiger partial charge in [-0.1, -0.05) is 24.4 Å². The lowest BCUT2D eigenvalue weighted by Crippen LogP contribution is -2.45. The molecule has 4 rings (SSSR count). The average Bonchev–Trinajstić information content (AvgIpc) is 3.02. The second kappa shape index (κ2) is 7.66. The van der Waals surface area contributed by atoms with Gasteiger partial charge in [-0.25, -0.2) is 9.50 Å². The Bertz CT molecular complexity index is 972. The Balaban J connectivity index is 1.64. The fourth-order valence-electron chi connectivity index (χ4n) is 3.71. The Morgan fingerprint density at radius 1 is 1.26 bits per heavy atom. The first-order chi connectivity index (χ1) is 13.1. The zero-order chi connectivity index (χ0) is 18.8. The molecule has 27 heavy (non-hydrogen) atoms. The predicted octanol–water partition coefficient (Wildman–Crippen LogP) is 3.01. The van der Waals surface area contributed by atoms with Crippen molar-refractivity contribution < 1.29 is 9.90 Å². The number of halogens is 1. The molecule has 0 unspecified atom stereocenters.